The van der Waals surface area contributed by atoms with Gasteiger partial charge >= 0.3 is 6.36 Å². The third-order valence-electron chi connectivity index (χ3n) is 5.58. The summed E-state index contributed by atoms with van der Waals surface area (Å²) < 4.78 is 44.8. The zero-order chi connectivity index (χ0) is 23.6. The van der Waals surface area contributed by atoms with Crippen LogP contribution in [-0.4, -0.2) is 49.2 Å². The van der Waals surface area contributed by atoms with E-state index in [0.717, 1.165) is 35.5 Å². The molecule has 1 atom stereocenters. The summed E-state index contributed by atoms with van der Waals surface area (Å²) in [5, 5.41) is 0. The van der Waals surface area contributed by atoms with Crippen LogP contribution in [0.5, 0.6) is 5.75 Å². The topological polar surface area (TPSA) is 55.8 Å². The van der Waals surface area contributed by atoms with Gasteiger partial charge in [-0.05, 0) is 62.0 Å². The van der Waals surface area contributed by atoms with E-state index in [1.54, 1.807) is 12.1 Å². The zero-order valence-corrected chi connectivity index (χ0v) is 18.6. The summed E-state index contributed by atoms with van der Waals surface area (Å²) in [7, 11) is 4.03. The van der Waals surface area contributed by atoms with Crippen LogP contribution in [0.3, 0.4) is 0 Å². The summed E-state index contributed by atoms with van der Waals surface area (Å²) in [5.74, 6) is -0.247. The number of aromatic nitrogens is 1. The minimum absolute atomic E-state index is 0.0785. The minimum atomic E-state index is -4.75. The number of aliphatic imine (C=N–C) groups is 1. The van der Waals surface area contributed by atoms with Gasteiger partial charge in [0.15, 0.2) is 0 Å². The number of halogens is 3. The third-order valence-corrected chi connectivity index (χ3v) is 5.58. The van der Waals surface area contributed by atoms with Gasteiger partial charge in [0.25, 0.3) is 0 Å². The summed E-state index contributed by atoms with van der Waals surface area (Å²) in [6.45, 7) is 1.95. The van der Waals surface area contributed by atoms with Crippen LogP contribution in [0.15, 0.2) is 59.6 Å². The maximum absolute atomic E-state index is 12.8. The van der Waals surface area contributed by atoms with Crippen LogP contribution in [0.25, 0.3) is 22.4 Å². The number of nitrogens with two attached hydrogens (primary N) is 1. The van der Waals surface area contributed by atoms with Crippen LogP contribution in [0, 0.1) is 0 Å². The van der Waals surface area contributed by atoms with E-state index in [0.29, 0.717) is 18.7 Å². The summed E-state index contributed by atoms with van der Waals surface area (Å²) >= 11 is 0. The molecule has 2 N–H and O–H groups in total. The van der Waals surface area contributed by atoms with E-state index in [1.165, 1.54) is 17.7 Å². The van der Waals surface area contributed by atoms with Crippen LogP contribution in [0.2, 0.25) is 0 Å². The van der Waals surface area contributed by atoms with E-state index in [4.69, 9.17) is 5.73 Å². The Morgan fingerprint density at radius 1 is 1.09 bits per heavy atom. The summed E-state index contributed by atoms with van der Waals surface area (Å²) in [5.41, 5.74) is 11.4. The fourth-order valence-corrected chi connectivity index (χ4v) is 4.31. The molecule has 4 rings (SSSR count). The molecule has 0 radical (unpaired) electrons. The lowest BCUT2D eigenvalue weighted by atomic mass is 9.99. The van der Waals surface area contributed by atoms with E-state index in [1.807, 2.05) is 26.4 Å². The van der Waals surface area contributed by atoms with Gasteiger partial charge in [-0.15, -0.1) is 13.2 Å². The second kappa shape index (κ2) is 9.41. The number of hydrogen-bond donors (Lipinski definition) is 1. The predicted octanol–water partition coefficient (Wildman–Crippen LogP) is 5.10. The van der Waals surface area contributed by atoms with Crippen molar-refractivity contribution < 1.29 is 17.9 Å². The molecule has 0 spiro atoms. The van der Waals surface area contributed by atoms with Gasteiger partial charge in [-0.3, -0.25) is 4.99 Å². The van der Waals surface area contributed by atoms with Crippen molar-refractivity contribution in [3.63, 3.8) is 0 Å². The first kappa shape index (κ1) is 23.1. The molecule has 3 aromatic rings. The molecular weight excluding hydrogens is 429 g/mol. The van der Waals surface area contributed by atoms with Crippen LogP contribution >= 0.6 is 0 Å². The highest BCUT2D eigenvalue weighted by Crippen LogP contribution is 2.40. The maximum Gasteiger partial charge on any atom is 0.573 e. The molecule has 0 fully saturated rings. The van der Waals surface area contributed by atoms with Gasteiger partial charge in [0.1, 0.15) is 5.75 Å². The standard InChI is InChI=1S/C25H27F3N4O/c1-31(2)16-17-6-8-18(9-7-17)24-23(13-21-15-30-14-20(10-11-29)32(21)24)19-4-3-5-22(12-19)33-25(26,27)28/h3-9,12-13,15,20H,10-11,14,16,29H2,1-2H3/t20-/m0/s1. The molecule has 0 bridgehead atoms. The van der Waals surface area contributed by atoms with Gasteiger partial charge in [0.2, 0.25) is 0 Å². The Bertz CT molecular complexity index is 1130. The van der Waals surface area contributed by atoms with Crippen molar-refractivity contribution in [2.45, 2.75) is 25.4 Å². The Morgan fingerprint density at radius 2 is 1.85 bits per heavy atom. The van der Waals surface area contributed by atoms with Gasteiger partial charge < -0.3 is 19.9 Å². The molecule has 0 saturated heterocycles. The Kier molecular flexibility index (Phi) is 6.58. The van der Waals surface area contributed by atoms with Gasteiger partial charge in [-0.2, -0.15) is 0 Å². The second-order valence-corrected chi connectivity index (χ2v) is 8.44. The number of benzene rings is 2. The van der Waals surface area contributed by atoms with Crippen molar-refractivity contribution in [3.05, 3.63) is 65.9 Å². The number of nitrogens with zero attached hydrogens (tertiary/aromatic N) is 3. The largest absolute Gasteiger partial charge is 0.573 e. The van der Waals surface area contributed by atoms with Crippen molar-refractivity contribution in [1.82, 2.24) is 9.47 Å². The summed E-state index contributed by atoms with van der Waals surface area (Å²) in [6, 6.07) is 16.4. The van der Waals surface area contributed by atoms with E-state index >= 15 is 0 Å². The summed E-state index contributed by atoms with van der Waals surface area (Å²) in [6.07, 6.45) is -2.18. The zero-order valence-electron chi connectivity index (χ0n) is 18.6. The van der Waals surface area contributed by atoms with Crippen LogP contribution < -0.4 is 10.5 Å². The van der Waals surface area contributed by atoms with Crippen LogP contribution in [-0.2, 0) is 6.54 Å². The average Bonchev–Trinajstić information content (AvgIpc) is 3.14. The molecule has 2 aromatic carbocycles. The minimum Gasteiger partial charge on any atom is -0.406 e. The molecule has 174 valence electrons. The highest BCUT2D eigenvalue weighted by molar-refractivity contribution is 5.90. The highest BCUT2D eigenvalue weighted by atomic mass is 19.4. The predicted molar refractivity (Wildman–Crippen MR) is 125 cm³/mol. The lowest BCUT2D eigenvalue weighted by Gasteiger charge is -2.25. The fraction of sp³-hybridized carbons (Fsp3) is 0.320. The van der Waals surface area contributed by atoms with Crippen molar-refractivity contribution in [3.8, 4) is 28.1 Å². The van der Waals surface area contributed by atoms with Gasteiger partial charge in [0, 0.05) is 18.3 Å². The third kappa shape index (κ3) is 5.29. The van der Waals surface area contributed by atoms with E-state index < -0.39 is 6.36 Å². The molecule has 1 aromatic heterocycles. The van der Waals surface area contributed by atoms with E-state index in [2.05, 4.69) is 43.5 Å². The SMILES string of the molecule is CN(C)Cc1ccc(-c2c(-c3cccc(OC(F)(F)F)c3)cc3n2[C@@H](CCN)CN=C3)cc1. The molecule has 0 amide bonds. The van der Waals surface area contributed by atoms with Gasteiger partial charge in [-0.1, -0.05) is 36.4 Å². The molecule has 1 aliphatic heterocycles. The number of ether oxygens (including phenoxy) is 1. The normalized spacial score (nSPS) is 15.7. The van der Waals surface area contributed by atoms with Crippen molar-refractivity contribution in [2.24, 2.45) is 10.7 Å². The highest BCUT2D eigenvalue weighted by Gasteiger charge is 2.31. The van der Waals surface area contributed by atoms with E-state index in [-0.39, 0.29) is 11.8 Å². The molecule has 2 heterocycles. The van der Waals surface area contributed by atoms with Gasteiger partial charge in [0.05, 0.1) is 24.0 Å². The Labute approximate surface area is 191 Å². The first-order valence-electron chi connectivity index (χ1n) is 10.8. The Morgan fingerprint density at radius 3 is 2.52 bits per heavy atom. The van der Waals surface area contributed by atoms with Crippen LogP contribution in [0.1, 0.15) is 23.7 Å². The molecular formula is C25H27F3N4O. The molecule has 0 aliphatic carbocycles. The lowest BCUT2D eigenvalue weighted by Crippen LogP contribution is -2.22. The average molecular weight is 457 g/mol. The maximum atomic E-state index is 12.8. The Hall–Kier alpha value is -3.10. The second-order valence-electron chi connectivity index (χ2n) is 8.44. The molecule has 8 heteroatoms. The summed E-state index contributed by atoms with van der Waals surface area (Å²) in [4.78, 5) is 6.59. The number of rotatable bonds is 7. The Balaban J connectivity index is 1.85. The smallest absolute Gasteiger partial charge is 0.406 e. The lowest BCUT2D eigenvalue weighted by molar-refractivity contribution is -0.274. The van der Waals surface area contributed by atoms with Crippen LogP contribution in [0.4, 0.5) is 13.2 Å². The van der Waals surface area contributed by atoms with E-state index in [9.17, 15) is 13.2 Å². The number of alkyl halides is 3. The first-order valence-corrected chi connectivity index (χ1v) is 10.8. The van der Waals surface area contributed by atoms with Crippen molar-refractivity contribution >= 4 is 6.21 Å². The fourth-order valence-electron chi connectivity index (χ4n) is 4.31. The quantitative estimate of drug-likeness (QED) is 0.538. The number of hydrogen-bond acceptors (Lipinski definition) is 4. The molecule has 0 saturated carbocycles. The molecule has 5 nitrogen and oxygen atoms in total. The molecule has 0 unspecified atom stereocenters. The monoisotopic (exact) mass is 456 g/mol. The first-order chi connectivity index (χ1) is 15.7. The van der Waals surface area contributed by atoms with Crippen molar-refractivity contribution in [1.29, 1.82) is 0 Å². The molecule has 33 heavy (non-hydrogen) atoms. The van der Waals surface area contributed by atoms with Gasteiger partial charge in [-0.25, -0.2) is 0 Å². The molecule has 1 aliphatic rings. The van der Waals surface area contributed by atoms with Crippen molar-refractivity contribution in [2.75, 3.05) is 27.2 Å². The number of fused-ring (bicyclic) bond motifs is 1.